The van der Waals surface area contributed by atoms with E-state index < -0.39 is 0 Å². The van der Waals surface area contributed by atoms with Crippen LogP contribution < -0.4 is 9.47 Å². The lowest BCUT2D eigenvalue weighted by Gasteiger charge is -2.33. The van der Waals surface area contributed by atoms with E-state index in [4.69, 9.17) is 14.2 Å². The Kier molecular flexibility index (Phi) is 4.16. The highest BCUT2D eigenvalue weighted by Crippen LogP contribution is 2.36. The minimum Gasteiger partial charge on any atom is -0.454 e. The van der Waals surface area contributed by atoms with Crippen molar-refractivity contribution in [3.63, 3.8) is 0 Å². The van der Waals surface area contributed by atoms with Crippen LogP contribution in [0.3, 0.4) is 0 Å². The van der Waals surface area contributed by atoms with Crippen molar-refractivity contribution in [1.82, 2.24) is 4.90 Å². The zero-order chi connectivity index (χ0) is 16.5. The molecule has 2 aromatic rings. The van der Waals surface area contributed by atoms with Gasteiger partial charge < -0.3 is 19.1 Å². The molecule has 0 spiro atoms. The van der Waals surface area contributed by atoms with Crippen LogP contribution in [-0.2, 0) is 4.74 Å². The Morgan fingerprint density at radius 1 is 1.12 bits per heavy atom. The minimum atomic E-state index is -0.121. The normalized spacial score (nSPS) is 19.4. The quantitative estimate of drug-likeness (QED) is 0.789. The van der Waals surface area contributed by atoms with Gasteiger partial charge in [-0.15, -0.1) is 0 Å². The Hall–Kier alpha value is -2.05. The Morgan fingerprint density at radius 3 is 2.79 bits per heavy atom. The van der Waals surface area contributed by atoms with Gasteiger partial charge in [-0.2, -0.15) is 0 Å². The lowest BCUT2D eigenvalue weighted by molar-refractivity contribution is -0.0229. The summed E-state index contributed by atoms with van der Waals surface area (Å²) in [5.74, 6) is 1.11. The predicted molar refractivity (Wildman–Crippen MR) is 91.3 cm³/mol. The van der Waals surface area contributed by atoms with Gasteiger partial charge in [-0.3, -0.25) is 4.79 Å². The zero-order valence-corrected chi connectivity index (χ0v) is 14.5. The fraction of sp³-hybridized carbons (Fsp3) is 0.278. The van der Waals surface area contributed by atoms with Crippen LogP contribution in [0.25, 0.3) is 0 Å². The van der Waals surface area contributed by atoms with Crippen molar-refractivity contribution in [1.29, 1.82) is 0 Å². The number of halogens is 1. The topological polar surface area (TPSA) is 48.0 Å². The second kappa shape index (κ2) is 6.45. The number of carbonyl (C=O) groups is 1. The Balaban J connectivity index is 1.55. The molecule has 2 aliphatic heterocycles. The maximum Gasteiger partial charge on any atom is 0.257 e. The van der Waals surface area contributed by atoms with Gasteiger partial charge in [0.2, 0.25) is 6.79 Å². The molecule has 1 amide bonds. The van der Waals surface area contributed by atoms with E-state index in [-0.39, 0.29) is 18.8 Å². The van der Waals surface area contributed by atoms with E-state index in [1.807, 2.05) is 41.3 Å². The molecule has 1 unspecified atom stereocenters. The van der Waals surface area contributed by atoms with Crippen LogP contribution in [0.4, 0.5) is 0 Å². The monoisotopic (exact) mass is 389 g/mol. The number of ether oxygens (including phenoxy) is 3. The highest BCUT2D eigenvalue weighted by molar-refractivity contribution is 9.10. The number of rotatable bonds is 2. The van der Waals surface area contributed by atoms with Gasteiger partial charge in [-0.05, 0) is 29.8 Å². The summed E-state index contributed by atoms with van der Waals surface area (Å²) in [7, 11) is 0. The second-order valence-electron chi connectivity index (χ2n) is 5.70. The number of carbonyl (C=O) groups excluding carboxylic acids is 1. The van der Waals surface area contributed by atoms with Crippen LogP contribution in [0.1, 0.15) is 22.0 Å². The molecule has 1 fully saturated rings. The summed E-state index contributed by atoms with van der Waals surface area (Å²) in [6, 6.07) is 13.4. The van der Waals surface area contributed by atoms with E-state index in [9.17, 15) is 4.79 Å². The van der Waals surface area contributed by atoms with E-state index in [2.05, 4.69) is 15.9 Å². The average molecular weight is 390 g/mol. The van der Waals surface area contributed by atoms with Gasteiger partial charge in [-0.25, -0.2) is 0 Å². The van der Waals surface area contributed by atoms with Crippen molar-refractivity contribution in [2.45, 2.75) is 6.10 Å². The number of nitrogens with zero attached hydrogens (tertiary/aromatic N) is 1. The van der Waals surface area contributed by atoms with E-state index in [1.54, 1.807) is 6.07 Å². The second-order valence-corrected chi connectivity index (χ2v) is 6.62. The standard InChI is InChI=1S/C18H16BrNO4/c19-13-6-4-12(5-7-13)16-10-20(8-9-22-16)18(21)14-2-1-3-15-17(14)24-11-23-15/h1-7,16H,8-11H2. The smallest absolute Gasteiger partial charge is 0.257 e. The molecule has 0 bridgehead atoms. The summed E-state index contributed by atoms with van der Waals surface area (Å²) >= 11 is 3.43. The molecule has 2 aromatic carbocycles. The van der Waals surface area contributed by atoms with E-state index in [0.717, 1.165) is 10.0 Å². The van der Waals surface area contributed by atoms with Crippen molar-refractivity contribution < 1.29 is 19.0 Å². The number of morpholine rings is 1. The fourth-order valence-electron chi connectivity index (χ4n) is 2.98. The summed E-state index contributed by atoms with van der Waals surface area (Å²) in [5.41, 5.74) is 1.61. The highest BCUT2D eigenvalue weighted by Gasteiger charge is 2.30. The molecule has 0 aliphatic carbocycles. The maximum atomic E-state index is 12.9. The number of hydrogen-bond acceptors (Lipinski definition) is 4. The van der Waals surface area contributed by atoms with Crippen molar-refractivity contribution in [3.8, 4) is 11.5 Å². The third-order valence-corrected chi connectivity index (χ3v) is 4.75. The van der Waals surface area contributed by atoms with Crippen molar-refractivity contribution in [2.75, 3.05) is 26.5 Å². The molecule has 6 heteroatoms. The molecule has 5 nitrogen and oxygen atoms in total. The Labute approximate surface area is 148 Å². The summed E-state index contributed by atoms with van der Waals surface area (Å²) in [6.45, 7) is 1.75. The minimum absolute atomic E-state index is 0.0530. The molecule has 1 atom stereocenters. The van der Waals surface area contributed by atoms with Gasteiger partial charge in [0.1, 0.15) is 6.10 Å². The van der Waals surface area contributed by atoms with Crippen LogP contribution >= 0.6 is 15.9 Å². The number of amides is 1. The summed E-state index contributed by atoms with van der Waals surface area (Å²) < 4.78 is 17.7. The Morgan fingerprint density at radius 2 is 1.96 bits per heavy atom. The number of para-hydroxylation sites is 1. The lowest BCUT2D eigenvalue weighted by atomic mass is 10.1. The molecule has 2 aliphatic rings. The third-order valence-electron chi connectivity index (χ3n) is 4.22. The van der Waals surface area contributed by atoms with Gasteiger partial charge in [0.15, 0.2) is 11.5 Å². The van der Waals surface area contributed by atoms with Crippen molar-refractivity contribution >= 4 is 21.8 Å². The molecule has 0 radical (unpaired) electrons. The SMILES string of the molecule is O=C(c1cccc2c1OCO2)N1CCOC(c2ccc(Br)cc2)C1. The van der Waals surface area contributed by atoms with Crippen LogP contribution in [0, 0.1) is 0 Å². The average Bonchev–Trinajstić information content (AvgIpc) is 3.10. The van der Waals surface area contributed by atoms with Gasteiger partial charge in [0.25, 0.3) is 5.91 Å². The molecule has 0 saturated carbocycles. The summed E-state index contributed by atoms with van der Waals surface area (Å²) in [6.07, 6.45) is -0.121. The van der Waals surface area contributed by atoms with Crippen LogP contribution in [0.5, 0.6) is 11.5 Å². The van der Waals surface area contributed by atoms with Crippen LogP contribution in [0.15, 0.2) is 46.9 Å². The molecule has 0 N–H and O–H groups in total. The molecule has 24 heavy (non-hydrogen) atoms. The first-order valence-electron chi connectivity index (χ1n) is 7.77. The fourth-order valence-corrected chi connectivity index (χ4v) is 3.25. The molecule has 4 rings (SSSR count). The van der Waals surface area contributed by atoms with E-state index >= 15 is 0 Å². The molecular weight excluding hydrogens is 374 g/mol. The largest absolute Gasteiger partial charge is 0.454 e. The first-order valence-corrected chi connectivity index (χ1v) is 8.56. The Bertz CT molecular complexity index is 762. The van der Waals surface area contributed by atoms with Crippen LogP contribution in [-0.4, -0.2) is 37.3 Å². The van der Waals surface area contributed by atoms with Gasteiger partial charge in [0, 0.05) is 11.0 Å². The molecule has 2 heterocycles. The number of benzene rings is 2. The van der Waals surface area contributed by atoms with E-state index in [1.165, 1.54) is 0 Å². The first-order chi connectivity index (χ1) is 11.7. The van der Waals surface area contributed by atoms with Crippen molar-refractivity contribution in [2.24, 2.45) is 0 Å². The molecular formula is C18H16BrNO4. The summed E-state index contributed by atoms with van der Waals surface area (Å²) in [5, 5.41) is 0. The zero-order valence-electron chi connectivity index (χ0n) is 12.9. The lowest BCUT2D eigenvalue weighted by Crippen LogP contribution is -2.42. The van der Waals surface area contributed by atoms with Gasteiger partial charge in [-0.1, -0.05) is 34.1 Å². The van der Waals surface area contributed by atoms with Crippen molar-refractivity contribution in [3.05, 3.63) is 58.1 Å². The maximum absolute atomic E-state index is 12.9. The number of fused-ring (bicyclic) bond motifs is 1. The first kappa shape index (κ1) is 15.5. The summed E-state index contributed by atoms with van der Waals surface area (Å²) in [4.78, 5) is 14.7. The molecule has 124 valence electrons. The van der Waals surface area contributed by atoms with Gasteiger partial charge >= 0.3 is 0 Å². The number of hydrogen-bond donors (Lipinski definition) is 0. The molecule has 1 saturated heterocycles. The molecule has 0 aromatic heterocycles. The van der Waals surface area contributed by atoms with E-state index in [0.29, 0.717) is 36.8 Å². The third kappa shape index (κ3) is 2.87. The van der Waals surface area contributed by atoms with Crippen LogP contribution in [0.2, 0.25) is 0 Å². The highest BCUT2D eigenvalue weighted by atomic mass is 79.9. The van der Waals surface area contributed by atoms with Gasteiger partial charge in [0.05, 0.1) is 18.7 Å². The predicted octanol–water partition coefficient (Wildman–Crippen LogP) is 3.39.